The van der Waals surface area contributed by atoms with Gasteiger partial charge in [-0.3, -0.25) is 0 Å². The van der Waals surface area contributed by atoms with E-state index in [1.807, 2.05) is 18.2 Å². The molecule has 0 heterocycles. The zero-order valence-corrected chi connectivity index (χ0v) is 10.5. The monoisotopic (exact) mass is 233 g/mol. The second-order valence-corrected chi connectivity index (χ2v) is 5.06. The number of rotatable bonds is 5. The molecule has 1 saturated carbocycles. The molecule has 0 spiro atoms. The quantitative estimate of drug-likeness (QED) is 0.848. The summed E-state index contributed by atoms with van der Waals surface area (Å²) in [5, 5.41) is 0. The first kappa shape index (κ1) is 12.6. The molecule has 0 radical (unpaired) electrons. The standard InChI is InChI=1S/C15H23NO/c16-15(14-9-5-2-6-10-14)12-17-11-13-7-3-1-4-8-13/h1,3-4,7-8,14-15H,2,5-6,9-12,16H2. The van der Waals surface area contributed by atoms with E-state index in [1.54, 1.807) is 0 Å². The van der Waals surface area contributed by atoms with E-state index in [9.17, 15) is 0 Å². The maximum atomic E-state index is 6.19. The van der Waals surface area contributed by atoms with Crippen molar-refractivity contribution >= 4 is 0 Å². The summed E-state index contributed by atoms with van der Waals surface area (Å²) in [5.74, 6) is 0.680. The minimum atomic E-state index is 0.221. The van der Waals surface area contributed by atoms with E-state index in [0.29, 0.717) is 19.1 Å². The second-order valence-electron chi connectivity index (χ2n) is 5.06. The molecule has 1 aliphatic rings. The molecule has 1 aromatic carbocycles. The van der Waals surface area contributed by atoms with Crippen LogP contribution in [-0.4, -0.2) is 12.6 Å². The summed E-state index contributed by atoms with van der Waals surface area (Å²) in [7, 11) is 0. The third-order valence-corrected chi connectivity index (χ3v) is 3.68. The SMILES string of the molecule is NC(COCc1ccccc1)C1CCCCC1. The van der Waals surface area contributed by atoms with Crippen LogP contribution in [0.2, 0.25) is 0 Å². The van der Waals surface area contributed by atoms with Gasteiger partial charge in [0.1, 0.15) is 0 Å². The van der Waals surface area contributed by atoms with Crippen molar-refractivity contribution in [1.82, 2.24) is 0 Å². The van der Waals surface area contributed by atoms with Gasteiger partial charge in [0.2, 0.25) is 0 Å². The Morgan fingerprint density at radius 1 is 1.12 bits per heavy atom. The largest absolute Gasteiger partial charge is 0.375 e. The van der Waals surface area contributed by atoms with E-state index >= 15 is 0 Å². The fraction of sp³-hybridized carbons (Fsp3) is 0.600. The third kappa shape index (κ3) is 4.14. The minimum Gasteiger partial charge on any atom is -0.375 e. The molecule has 1 atom stereocenters. The lowest BCUT2D eigenvalue weighted by atomic mass is 9.84. The second kappa shape index (κ2) is 6.77. The van der Waals surface area contributed by atoms with Crippen LogP contribution in [0.4, 0.5) is 0 Å². The van der Waals surface area contributed by atoms with Gasteiger partial charge in [0, 0.05) is 6.04 Å². The van der Waals surface area contributed by atoms with Gasteiger partial charge in [0.05, 0.1) is 13.2 Å². The van der Waals surface area contributed by atoms with Crippen molar-refractivity contribution in [3.63, 3.8) is 0 Å². The van der Waals surface area contributed by atoms with Gasteiger partial charge in [-0.2, -0.15) is 0 Å². The highest BCUT2D eigenvalue weighted by atomic mass is 16.5. The summed E-state index contributed by atoms with van der Waals surface area (Å²) in [6, 6.07) is 10.5. The van der Waals surface area contributed by atoms with Crippen molar-refractivity contribution in [2.24, 2.45) is 11.7 Å². The number of nitrogens with two attached hydrogens (primary N) is 1. The summed E-state index contributed by atoms with van der Waals surface area (Å²) in [6.07, 6.45) is 6.65. The van der Waals surface area contributed by atoms with Gasteiger partial charge in [-0.05, 0) is 24.3 Å². The molecule has 0 bridgehead atoms. The maximum absolute atomic E-state index is 6.19. The fourth-order valence-corrected chi connectivity index (χ4v) is 2.59. The van der Waals surface area contributed by atoms with E-state index < -0.39 is 0 Å². The molecule has 1 unspecified atom stereocenters. The van der Waals surface area contributed by atoms with Crippen LogP contribution in [0.15, 0.2) is 30.3 Å². The van der Waals surface area contributed by atoms with Crippen molar-refractivity contribution in [2.45, 2.75) is 44.8 Å². The molecule has 1 aromatic rings. The van der Waals surface area contributed by atoms with E-state index in [1.165, 1.54) is 37.7 Å². The Kier molecular flexibility index (Phi) is 5.02. The Bertz CT molecular complexity index is 306. The van der Waals surface area contributed by atoms with Crippen LogP contribution < -0.4 is 5.73 Å². The zero-order chi connectivity index (χ0) is 11.9. The first-order chi connectivity index (χ1) is 8.36. The average Bonchev–Trinajstić information content (AvgIpc) is 2.41. The van der Waals surface area contributed by atoms with Gasteiger partial charge < -0.3 is 10.5 Å². The Morgan fingerprint density at radius 2 is 1.82 bits per heavy atom. The molecule has 0 saturated heterocycles. The Balaban J connectivity index is 1.67. The predicted octanol–water partition coefficient (Wildman–Crippen LogP) is 3.11. The molecule has 94 valence electrons. The number of ether oxygens (including phenoxy) is 1. The lowest BCUT2D eigenvalue weighted by molar-refractivity contribution is 0.0863. The van der Waals surface area contributed by atoms with Gasteiger partial charge in [-0.15, -0.1) is 0 Å². The van der Waals surface area contributed by atoms with E-state index in [2.05, 4.69) is 12.1 Å². The lowest BCUT2D eigenvalue weighted by Crippen LogP contribution is -2.35. The summed E-state index contributed by atoms with van der Waals surface area (Å²) < 4.78 is 5.71. The first-order valence-electron chi connectivity index (χ1n) is 6.73. The normalized spacial score (nSPS) is 19.1. The van der Waals surface area contributed by atoms with E-state index in [0.717, 1.165) is 0 Å². The van der Waals surface area contributed by atoms with Gasteiger partial charge in [0.15, 0.2) is 0 Å². The van der Waals surface area contributed by atoms with Crippen LogP contribution in [0, 0.1) is 5.92 Å². The zero-order valence-electron chi connectivity index (χ0n) is 10.5. The first-order valence-corrected chi connectivity index (χ1v) is 6.73. The van der Waals surface area contributed by atoms with Gasteiger partial charge >= 0.3 is 0 Å². The van der Waals surface area contributed by atoms with Crippen molar-refractivity contribution in [2.75, 3.05) is 6.61 Å². The summed E-state index contributed by atoms with van der Waals surface area (Å²) in [5.41, 5.74) is 7.41. The average molecular weight is 233 g/mol. The van der Waals surface area contributed by atoms with E-state index in [-0.39, 0.29) is 6.04 Å². The van der Waals surface area contributed by atoms with Crippen LogP contribution in [-0.2, 0) is 11.3 Å². The molecule has 1 fully saturated rings. The summed E-state index contributed by atoms with van der Waals surface area (Å²) >= 11 is 0. The van der Waals surface area contributed by atoms with Crippen molar-refractivity contribution < 1.29 is 4.74 Å². The number of hydrogen-bond acceptors (Lipinski definition) is 2. The molecule has 1 aliphatic carbocycles. The fourth-order valence-electron chi connectivity index (χ4n) is 2.59. The number of benzene rings is 1. The molecule has 0 aliphatic heterocycles. The van der Waals surface area contributed by atoms with Gasteiger partial charge in [-0.1, -0.05) is 49.6 Å². The van der Waals surface area contributed by atoms with Crippen LogP contribution in [0.3, 0.4) is 0 Å². The topological polar surface area (TPSA) is 35.2 Å². The van der Waals surface area contributed by atoms with Crippen LogP contribution in [0.25, 0.3) is 0 Å². The van der Waals surface area contributed by atoms with Crippen molar-refractivity contribution in [1.29, 1.82) is 0 Å². The molecular weight excluding hydrogens is 210 g/mol. The van der Waals surface area contributed by atoms with Crippen molar-refractivity contribution in [3.8, 4) is 0 Å². The molecule has 17 heavy (non-hydrogen) atoms. The maximum Gasteiger partial charge on any atom is 0.0717 e. The highest BCUT2D eigenvalue weighted by Crippen LogP contribution is 2.25. The smallest absolute Gasteiger partial charge is 0.0717 e. The van der Waals surface area contributed by atoms with E-state index in [4.69, 9.17) is 10.5 Å². The molecule has 2 heteroatoms. The highest BCUT2D eigenvalue weighted by Gasteiger charge is 2.20. The molecule has 2 nitrogen and oxygen atoms in total. The Hall–Kier alpha value is -0.860. The summed E-state index contributed by atoms with van der Waals surface area (Å²) in [6.45, 7) is 1.38. The predicted molar refractivity (Wildman–Crippen MR) is 70.6 cm³/mol. The summed E-state index contributed by atoms with van der Waals surface area (Å²) in [4.78, 5) is 0. The molecule has 2 rings (SSSR count). The molecule has 2 N–H and O–H groups in total. The van der Waals surface area contributed by atoms with Crippen LogP contribution in [0.5, 0.6) is 0 Å². The number of hydrogen-bond donors (Lipinski definition) is 1. The molecular formula is C15H23NO. The van der Waals surface area contributed by atoms with Crippen LogP contribution >= 0.6 is 0 Å². The van der Waals surface area contributed by atoms with Gasteiger partial charge in [0.25, 0.3) is 0 Å². The van der Waals surface area contributed by atoms with Gasteiger partial charge in [-0.25, -0.2) is 0 Å². The molecule has 0 aromatic heterocycles. The molecule has 0 amide bonds. The Labute approximate surface area is 104 Å². The van der Waals surface area contributed by atoms with Crippen LogP contribution in [0.1, 0.15) is 37.7 Å². The Morgan fingerprint density at radius 3 is 2.53 bits per heavy atom. The third-order valence-electron chi connectivity index (χ3n) is 3.68. The van der Waals surface area contributed by atoms with Crippen molar-refractivity contribution in [3.05, 3.63) is 35.9 Å². The lowest BCUT2D eigenvalue weighted by Gasteiger charge is -2.27. The highest BCUT2D eigenvalue weighted by molar-refractivity contribution is 5.13. The minimum absolute atomic E-state index is 0.221.